The third-order valence-electron chi connectivity index (χ3n) is 2.60. The number of anilines is 1. The van der Waals surface area contributed by atoms with Gasteiger partial charge in [0.15, 0.2) is 5.78 Å². The molecule has 0 fully saturated rings. The van der Waals surface area contributed by atoms with Crippen LogP contribution >= 0.6 is 11.6 Å². The third-order valence-corrected chi connectivity index (χ3v) is 2.82. The van der Waals surface area contributed by atoms with Gasteiger partial charge in [-0.15, -0.1) is 0 Å². The minimum absolute atomic E-state index is 0.000764. The Morgan fingerprint density at radius 3 is 2.14 bits per heavy atom. The van der Waals surface area contributed by atoms with Gasteiger partial charge in [-0.1, -0.05) is 32.4 Å². The van der Waals surface area contributed by atoms with Gasteiger partial charge >= 0.3 is 6.09 Å². The lowest BCUT2D eigenvalue weighted by atomic mass is 9.85. The monoisotopic (exact) mass is 329 g/mol. The van der Waals surface area contributed by atoms with E-state index in [9.17, 15) is 14.0 Å². The fourth-order valence-corrected chi connectivity index (χ4v) is 1.90. The largest absolute Gasteiger partial charge is 0.444 e. The molecule has 1 aromatic carbocycles. The van der Waals surface area contributed by atoms with Gasteiger partial charge < -0.3 is 4.74 Å². The Balaban J connectivity index is 3.24. The van der Waals surface area contributed by atoms with Crippen LogP contribution < -0.4 is 5.32 Å². The number of ketones is 1. The third kappa shape index (κ3) is 4.98. The van der Waals surface area contributed by atoms with E-state index in [-0.39, 0.29) is 16.3 Å². The minimum atomic E-state index is -0.807. The van der Waals surface area contributed by atoms with E-state index in [1.54, 1.807) is 41.5 Å². The van der Waals surface area contributed by atoms with Crippen molar-refractivity contribution in [3.8, 4) is 0 Å². The second kappa shape index (κ2) is 6.24. The van der Waals surface area contributed by atoms with E-state index in [0.717, 1.165) is 6.07 Å². The first-order valence-corrected chi connectivity index (χ1v) is 7.23. The molecule has 1 amide bonds. The molecule has 0 spiro atoms. The Morgan fingerprint density at radius 1 is 1.14 bits per heavy atom. The molecular formula is C16H21ClFNO3. The van der Waals surface area contributed by atoms with Crippen LogP contribution in [-0.4, -0.2) is 17.5 Å². The van der Waals surface area contributed by atoms with Gasteiger partial charge in [0, 0.05) is 10.4 Å². The van der Waals surface area contributed by atoms with E-state index < -0.39 is 28.7 Å². The van der Waals surface area contributed by atoms with E-state index >= 15 is 0 Å². The Bertz CT molecular complexity index is 601. The highest BCUT2D eigenvalue weighted by atomic mass is 35.5. The number of hydrogen-bond acceptors (Lipinski definition) is 3. The molecule has 22 heavy (non-hydrogen) atoms. The first-order chi connectivity index (χ1) is 9.81. The van der Waals surface area contributed by atoms with Crippen molar-refractivity contribution in [2.75, 3.05) is 5.32 Å². The van der Waals surface area contributed by atoms with Crippen molar-refractivity contribution in [1.82, 2.24) is 0 Å². The summed E-state index contributed by atoms with van der Waals surface area (Å²) in [4.78, 5) is 24.3. The lowest BCUT2D eigenvalue weighted by molar-refractivity contribution is 0.0636. The number of Topliss-reactive ketones (excluding diaryl/α,β-unsaturated/α-hetero) is 1. The molecule has 4 nitrogen and oxygen atoms in total. The highest BCUT2D eigenvalue weighted by molar-refractivity contribution is 6.31. The molecule has 0 heterocycles. The van der Waals surface area contributed by atoms with E-state index in [0.29, 0.717) is 0 Å². The van der Waals surface area contributed by atoms with Crippen molar-refractivity contribution in [2.45, 2.75) is 47.1 Å². The number of benzene rings is 1. The fourth-order valence-electron chi connectivity index (χ4n) is 1.69. The van der Waals surface area contributed by atoms with Crippen LogP contribution in [0.3, 0.4) is 0 Å². The van der Waals surface area contributed by atoms with Crippen molar-refractivity contribution in [3.05, 3.63) is 28.5 Å². The van der Waals surface area contributed by atoms with Crippen LogP contribution in [-0.2, 0) is 4.74 Å². The summed E-state index contributed by atoms with van der Waals surface area (Å²) < 4.78 is 19.3. The lowest BCUT2D eigenvalue weighted by Gasteiger charge is -2.22. The highest BCUT2D eigenvalue weighted by Gasteiger charge is 2.29. The number of nitrogens with one attached hydrogen (secondary N) is 1. The van der Waals surface area contributed by atoms with Crippen LogP contribution in [0.1, 0.15) is 51.9 Å². The van der Waals surface area contributed by atoms with Crippen LogP contribution in [0.25, 0.3) is 0 Å². The Kier molecular flexibility index (Phi) is 5.23. The Hall–Kier alpha value is -1.62. The number of ether oxygens (including phenoxy) is 1. The lowest BCUT2D eigenvalue weighted by Crippen LogP contribution is -2.29. The average Bonchev–Trinajstić information content (AvgIpc) is 2.22. The van der Waals surface area contributed by atoms with E-state index in [1.165, 1.54) is 6.07 Å². The van der Waals surface area contributed by atoms with Crippen molar-refractivity contribution in [2.24, 2.45) is 5.41 Å². The van der Waals surface area contributed by atoms with Crippen LogP contribution in [0.2, 0.25) is 5.02 Å². The van der Waals surface area contributed by atoms with Gasteiger partial charge in [-0.2, -0.15) is 0 Å². The normalized spacial score (nSPS) is 12.0. The predicted octanol–water partition coefficient (Wildman–Crippen LogP) is 5.05. The Labute approximate surface area is 135 Å². The Morgan fingerprint density at radius 2 is 1.68 bits per heavy atom. The molecule has 1 N–H and O–H groups in total. The molecule has 0 unspecified atom stereocenters. The maximum atomic E-state index is 14.2. The summed E-state index contributed by atoms with van der Waals surface area (Å²) in [6, 6.07) is 2.37. The molecular weight excluding hydrogens is 309 g/mol. The van der Waals surface area contributed by atoms with Crippen molar-refractivity contribution >= 4 is 29.2 Å². The second-order valence-electron chi connectivity index (χ2n) is 7.02. The molecule has 0 aliphatic heterocycles. The van der Waals surface area contributed by atoms with Gasteiger partial charge in [-0.3, -0.25) is 10.1 Å². The van der Waals surface area contributed by atoms with Crippen LogP contribution in [0.15, 0.2) is 12.1 Å². The van der Waals surface area contributed by atoms with Gasteiger partial charge in [-0.25, -0.2) is 9.18 Å². The minimum Gasteiger partial charge on any atom is -0.444 e. The van der Waals surface area contributed by atoms with Crippen molar-refractivity contribution in [3.63, 3.8) is 0 Å². The zero-order valence-electron chi connectivity index (χ0n) is 13.6. The van der Waals surface area contributed by atoms with Gasteiger partial charge in [0.25, 0.3) is 0 Å². The average molecular weight is 330 g/mol. The topological polar surface area (TPSA) is 55.4 Å². The molecule has 0 radical (unpaired) electrons. The summed E-state index contributed by atoms with van der Waals surface area (Å²) in [5, 5.41) is 2.47. The van der Waals surface area contributed by atoms with E-state index in [1.807, 2.05) is 0 Å². The molecule has 122 valence electrons. The molecule has 0 aliphatic rings. The number of amides is 1. The fraction of sp³-hybridized carbons (Fsp3) is 0.500. The summed E-state index contributed by atoms with van der Waals surface area (Å²) in [6.07, 6.45) is -0.780. The summed E-state index contributed by atoms with van der Waals surface area (Å²) in [7, 11) is 0. The van der Waals surface area contributed by atoms with Gasteiger partial charge in [0.05, 0.1) is 11.3 Å². The second-order valence-corrected chi connectivity index (χ2v) is 7.45. The highest BCUT2D eigenvalue weighted by Crippen LogP contribution is 2.31. The molecule has 6 heteroatoms. The quantitative estimate of drug-likeness (QED) is 0.772. The van der Waals surface area contributed by atoms with Gasteiger partial charge in [0.1, 0.15) is 11.4 Å². The smallest absolute Gasteiger partial charge is 0.412 e. The zero-order chi connectivity index (χ0) is 17.3. The summed E-state index contributed by atoms with van der Waals surface area (Å²) in [5.74, 6) is -1.22. The van der Waals surface area contributed by atoms with E-state index in [2.05, 4.69) is 5.32 Å². The predicted molar refractivity (Wildman–Crippen MR) is 85.1 cm³/mol. The number of rotatable bonds is 2. The first-order valence-electron chi connectivity index (χ1n) is 6.85. The summed E-state index contributed by atoms with van der Waals surface area (Å²) >= 11 is 5.81. The number of carbonyl (C=O) groups excluding carboxylic acids is 2. The molecule has 0 aliphatic carbocycles. The molecule has 0 saturated heterocycles. The van der Waals surface area contributed by atoms with Gasteiger partial charge in [-0.05, 0) is 32.9 Å². The summed E-state index contributed by atoms with van der Waals surface area (Å²) in [6.45, 7) is 10.1. The summed E-state index contributed by atoms with van der Waals surface area (Å²) in [5.41, 5.74) is -1.73. The van der Waals surface area contributed by atoms with Crippen LogP contribution in [0.5, 0.6) is 0 Å². The molecule has 0 aromatic heterocycles. The molecule has 1 rings (SSSR count). The molecule has 0 saturated carbocycles. The molecule has 1 aromatic rings. The van der Waals surface area contributed by atoms with Crippen LogP contribution in [0, 0.1) is 11.2 Å². The zero-order valence-corrected chi connectivity index (χ0v) is 14.4. The SMILES string of the molecule is CC(C)(C)OC(=O)Nc1cc(Cl)cc(F)c1C(=O)C(C)(C)C. The van der Waals surface area contributed by atoms with Gasteiger partial charge in [0.2, 0.25) is 0 Å². The standard InChI is InChI=1S/C16H21ClFNO3/c1-15(2,3)13(20)12-10(18)7-9(17)8-11(12)19-14(21)22-16(4,5)6/h7-8H,1-6H3,(H,19,21). The number of carbonyl (C=O) groups is 2. The van der Waals surface area contributed by atoms with E-state index in [4.69, 9.17) is 16.3 Å². The number of hydrogen-bond donors (Lipinski definition) is 1. The van der Waals surface area contributed by atoms with Crippen molar-refractivity contribution < 1.29 is 18.7 Å². The maximum Gasteiger partial charge on any atom is 0.412 e. The maximum absolute atomic E-state index is 14.2. The first kappa shape index (κ1) is 18.4. The molecule has 0 bridgehead atoms. The number of halogens is 2. The van der Waals surface area contributed by atoms with Crippen molar-refractivity contribution in [1.29, 1.82) is 0 Å². The van der Waals surface area contributed by atoms with Crippen LogP contribution in [0.4, 0.5) is 14.9 Å². The molecule has 0 atom stereocenters.